The molecular weight excluding hydrogens is 430 g/mol. The Hall–Kier alpha value is -3.31. The van der Waals surface area contributed by atoms with E-state index in [0.29, 0.717) is 12.3 Å². The maximum absolute atomic E-state index is 13.4. The molecule has 3 aromatic rings. The first-order valence-corrected chi connectivity index (χ1v) is 11.8. The minimum absolute atomic E-state index is 0.0407. The number of piperidine rings is 1. The molecule has 0 radical (unpaired) electrons. The second-order valence-corrected chi connectivity index (χ2v) is 8.86. The van der Waals surface area contributed by atoms with Gasteiger partial charge in [-0.15, -0.1) is 0 Å². The Morgan fingerprint density at radius 2 is 1.44 bits per heavy atom. The van der Waals surface area contributed by atoms with E-state index >= 15 is 0 Å². The van der Waals surface area contributed by atoms with Crippen LogP contribution in [0.2, 0.25) is 0 Å². The van der Waals surface area contributed by atoms with Crippen molar-refractivity contribution in [1.82, 2.24) is 10.2 Å². The maximum Gasteiger partial charge on any atom is 0.221 e. The summed E-state index contributed by atoms with van der Waals surface area (Å²) < 4.78 is 26.9. The van der Waals surface area contributed by atoms with Gasteiger partial charge in [0.25, 0.3) is 0 Å². The number of carbonyl (C=O) groups excluding carboxylic acids is 1. The summed E-state index contributed by atoms with van der Waals surface area (Å²) in [5.41, 5.74) is 2.73. The first-order chi connectivity index (χ1) is 16.6. The molecule has 1 saturated heterocycles. The van der Waals surface area contributed by atoms with Crippen molar-refractivity contribution < 1.29 is 13.6 Å². The number of amides is 1. The van der Waals surface area contributed by atoms with E-state index in [-0.39, 0.29) is 17.5 Å². The lowest BCUT2D eigenvalue weighted by molar-refractivity contribution is -0.122. The number of hydrogen-bond donors (Lipinski definition) is 1. The third-order valence-corrected chi connectivity index (χ3v) is 6.37. The zero-order valence-corrected chi connectivity index (χ0v) is 19.2. The molecule has 1 fully saturated rings. The lowest BCUT2D eigenvalue weighted by atomic mass is 9.92. The Balaban J connectivity index is 1.30. The maximum atomic E-state index is 13.4. The molecule has 1 aliphatic rings. The monoisotopic (exact) mass is 460 g/mol. The van der Waals surface area contributed by atoms with Gasteiger partial charge in [0, 0.05) is 13.0 Å². The largest absolute Gasteiger partial charge is 0.345 e. The average Bonchev–Trinajstić information content (AvgIpc) is 2.86. The van der Waals surface area contributed by atoms with Gasteiger partial charge in [0.1, 0.15) is 11.6 Å². The van der Waals surface area contributed by atoms with Gasteiger partial charge in [-0.05, 0) is 72.8 Å². The Morgan fingerprint density at radius 3 is 2.00 bits per heavy atom. The molecule has 0 saturated carbocycles. The SMILES string of the molecule is O=C(CC1CCN(C/C=C/c2ccccc2)CC1)NC(c1ccc(F)cc1)c1ccc(F)cc1. The van der Waals surface area contributed by atoms with Crippen LogP contribution < -0.4 is 5.32 Å². The molecule has 1 amide bonds. The van der Waals surface area contributed by atoms with Crippen LogP contribution in [0, 0.1) is 17.6 Å². The Labute approximate surface area is 200 Å². The van der Waals surface area contributed by atoms with E-state index < -0.39 is 6.04 Å². The molecule has 0 bridgehead atoms. The molecule has 0 atom stereocenters. The molecule has 34 heavy (non-hydrogen) atoms. The summed E-state index contributed by atoms with van der Waals surface area (Å²) in [7, 11) is 0. The van der Waals surface area contributed by atoms with Gasteiger partial charge in [-0.1, -0.05) is 66.7 Å². The summed E-state index contributed by atoms with van der Waals surface area (Å²) in [5.74, 6) is -0.380. The first kappa shape index (κ1) is 23.8. The van der Waals surface area contributed by atoms with E-state index in [1.165, 1.54) is 29.8 Å². The molecule has 3 nitrogen and oxygen atoms in total. The molecule has 1 heterocycles. The Kier molecular flexibility index (Phi) is 8.21. The van der Waals surface area contributed by atoms with E-state index in [4.69, 9.17) is 0 Å². The number of halogens is 2. The van der Waals surface area contributed by atoms with Crippen molar-refractivity contribution in [2.24, 2.45) is 5.92 Å². The predicted octanol–water partition coefficient (Wildman–Crippen LogP) is 5.99. The fourth-order valence-electron chi connectivity index (χ4n) is 4.43. The van der Waals surface area contributed by atoms with Gasteiger partial charge in [0.05, 0.1) is 6.04 Å². The lowest BCUT2D eigenvalue weighted by Gasteiger charge is -2.31. The quantitative estimate of drug-likeness (QED) is 0.448. The summed E-state index contributed by atoms with van der Waals surface area (Å²) >= 11 is 0. The van der Waals surface area contributed by atoms with Crippen LogP contribution in [0.1, 0.15) is 42.0 Å². The van der Waals surface area contributed by atoms with Gasteiger partial charge in [0.15, 0.2) is 0 Å². The molecule has 1 N–H and O–H groups in total. The fraction of sp³-hybridized carbons (Fsp3) is 0.276. The van der Waals surface area contributed by atoms with E-state index in [2.05, 4.69) is 34.5 Å². The summed E-state index contributed by atoms with van der Waals surface area (Å²) in [4.78, 5) is 15.3. The van der Waals surface area contributed by atoms with Crippen LogP contribution in [-0.4, -0.2) is 30.4 Å². The fourth-order valence-corrected chi connectivity index (χ4v) is 4.43. The predicted molar refractivity (Wildman–Crippen MR) is 132 cm³/mol. The topological polar surface area (TPSA) is 32.3 Å². The number of carbonyl (C=O) groups is 1. The zero-order chi connectivity index (χ0) is 23.8. The van der Waals surface area contributed by atoms with E-state index in [0.717, 1.165) is 43.6 Å². The molecule has 0 spiro atoms. The lowest BCUT2D eigenvalue weighted by Crippen LogP contribution is -2.36. The highest BCUT2D eigenvalue weighted by atomic mass is 19.1. The van der Waals surface area contributed by atoms with Gasteiger partial charge in [-0.3, -0.25) is 9.69 Å². The smallest absolute Gasteiger partial charge is 0.221 e. The molecule has 5 heteroatoms. The number of hydrogen-bond acceptors (Lipinski definition) is 2. The number of rotatable bonds is 8. The third-order valence-electron chi connectivity index (χ3n) is 6.37. The number of nitrogens with zero attached hydrogens (tertiary/aromatic N) is 1. The minimum atomic E-state index is -0.447. The second kappa shape index (κ2) is 11.7. The second-order valence-electron chi connectivity index (χ2n) is 8.86. The van der Waals surface area contributed by atoms with Crippen molar-refractivity contribution in [2.45, 2.75) is 25.3 Å². The number of likely N-dealkylation sites (tertiary alicyclic amines) is 1. The molecule has 3 aromatic carbocycles. The third kappa shape index (κ3) is 6.84. The zero-order valence-electron chi connectivity index (χ0n) is 19.2. The van der Waals surface area contributed by atoms with Crippen molar-refractivity contribution in [3.8, 4) is 0 Å². The van der Waals surface area contributed by atoms with Crippen molar-refractivity contribution >= 4 is 12.0 Å². The van der Waals surface area contributed by atoms with Crippen LogP contribution >= 0.6 is 0 Å². The first-order valence-electron chi connectivity index (χ1n) is 11.8. The van der Waals surface area contributed by atoms with Crippen LogP contribution in [0.5, 0.6) is 0 Å². The average molecular weight is 461 g/mol. The van der Waals surface area contributed by atoms with Crippen LogP contribution in [-0.2, 0) is 4.79 Å². The standard InChI is InChI=1S/C29H30F2N2O/c30-26-12-8-24(9-13-26)29(25-10-14-27(31)15-11-25)32-28(34)21-23-16-19-33(20-17-23)18-4-7-22-5-2-1-3-6-22/h1-15,23,29H,16-21H2,(H,32,34)/b7-4+. The Bertz CT molecular complexity index is 1030. The molecule has 0 aliphatic carbocycles. The Morgan fingerprint density at radius 1 is 0.882 bits per heavy atom. The molecule has 176 valence electrons. The van der Waals surface area contributed by atoms with E-state index in [9.17, 15) is 13.6 Å². The number of nitrogens with one attached hydrogen (secondary N) is 1. The molecule has 0 unspecified atom stereocenters. The van der Waals surface area contributed by atoms with Gasteiger partial charge in [0.2, 0.25) is 5.91 Å². The van der Waals surface area contributed by atoms with Gasteiger partial charge in [-0.25, -0.2) is 8.78 Å². The van der Waals surface area contributed by atoms with Crippen LogP contribution in [0.4, 0.5) is 8.78 Å². The summed E-state index contributed by atoms with van der Waals surface area (Å²) in [6.45, 7) is 2.85. The van der Waals surface area contributed by atoms with Gasteiger partial charge in [-0.2, -0.15) is 0 Å². The van der Waals surface area contributed by atoms with Crippen molar-refractivity contribution in [3.05, 3.63) is 113 Å². The molecule has 1 aliphatic heterocycles. The molecule has 0 aromatic heterocycles. The van der Waals surface area contributed by atoms with Crippen molar-refractivity contribution in [3.63, 3.8) is 0 Å². The summed E-state index contributed by atoms with van der Waals surface area (Å²) in [6, 6.07) is 21.9. The van der Waals surface area contributed by atoms with Crippen LogP contribution in [0.25, 0.3) is 6.08 Å². The van der Waals surface area contributed by atoms with Crippen LogP contribution in [0.3, 0.4) is 0 Å². The van der Waals surface area contributed by atoms with Crippen molar-refractivity contribution in [1.29, 1.82) is 0 Å². The highest BCUT2D eigenvalue weighted by molar-refractivity contribution is 5.77. The van der Waals surface area contributed by atoms with Gasteiger partial charge < -0.3 is 5.32 Å². The minimum Gasteiger partial charge on any atom is -0.345 e. The van der Waals surface area contributed by atoms with Gasteiger partial charge >= 0.3 is 0 Å². The van der Waals surface area contributed by atoms with Crippen molar-refractivity contribution in [2.75, 3.05) is 19.6 Å². The highest BCUT2D eigenvalue weighted by Gasteiger charge is 2.23. The molecule has 4 rings (SSSR count). The van der Waals surface area contributed by atoms with E-state index in [1.807, 2.05) is 18.2 Å². The summed E-state index contributed by atoms with van der Waals surface area (Å²) in [6.07, 6.45) is 6.74. The number of benzene rings is 3. The molecular formula is C29H30F2N2O. The normalized spacial score (nSPS) is 15.1. The van der Waals surface area contributed by atoms with Crippen LogP contribution in [0.15, 0.2) is 84.9 Å². The summed E-state index contributed by atoms with van der Waals surface area (Å²) in [5, 5.41) is 3.09. The highest BCUT2D eigenvalue weighted by Crippen LogP contribution is 2.25. The van der Waals surface area contributed by atoms with E-state index in [1.54, 1.807) is 24.3 Å².